The van der Waals surface area contributed by atoms with E-state index >= 15 is 0 Å². The predicted molar refractivity (Wildman–Crippen MR) is 111 cm³/mol. The molecule has 1 aromatic carbocycles. The zero-order valence-corrected chi connectivity index (χ0v) is 17.3. The molecule has 154 valence electrons. The van der Waals surface area contributed by atoms with Crippen molar-refractivity contribution >= 4 is 23.4 Å². The second kappa shape index (κ2) is 10.8. The number of carbonyl (C=O) groups excluding carboxylic acids is 3. The van der Waals surface area contributed by atoms with Gasteiger partial charge < -0.3 is 15.5 Å². The van der Waals surface area contributed by atoms with E-state index in [0.717, 1.165) is 44.1 Å². The van der Waals surface area contributed by atoms with Crippen molar-refractivity contribution in [2.45, 2.75) is 65.3 Å². The maximum Gasteiger partial charge on any atom is 0.243 e. The summed E-state index contributed by atoms with van der Waals surface area (Å²) in [5.41, 5.74) is 1.81. The number of rotatable bonds is 11. The molecule has 2 rings (SSSR count). The molecule has 1 fully saturated rings. The normalized spacial score (nSPS) is 14.2. The molecule has 6 heteroatoms. The molecule has 1 atom stereocenters. The molecule has 3 amide bonds. The van der Waals surface area contributed by atoms with E-state index in [9.17, 15) is 14.4 Å². The number of hydrogen-bond acceptors (Lipinski definition) is 3. The van der Waals surface area contributed by atoms with Crippen molar-refractivity contribution in [3.05, 3.63) is 29.8 Å². The standard InChI is InChI=1S/C22H33N3O3/c1-4-6-7-17(5-2)22(28)25(19-12-13-19)15-21(27)23-14-20(26)24-18-10-8-16(3)9-11-18/h8-11,17,19H,4-7,12-15H2,1-3H3,(H,23,27)(H,24,26). The van der Waals surface area contributed by atoms with Crippen LogP contribution in [0.15, 0.2) is 24.3 Å². The molecular weight excluding hydrogens is 354 g/mol. The third-order valence-corrected chi connectivity index (χ3v) is 5.11. The number of anilines is 1. The Morgan fingerprint density at radius 2 is 1.79 bits per heavy atom. The number of unbranched alkanes of at least 4 members (excludes halogenated alkanes) is 1. The van der Waals surface area contributed by atoms with Gasteiger partial charge in [0.15, 0.2) is 0 Å². The van der Waals surface area contributed by atoms with Crippen molar-refractivity contribution in [3.63, 3.8) is 0 Å². The van der Waals surface area contributed by atoms with Crippen molar-refractivity contribution in [1.82, 2.24) is 10.2 Å². The summed E-state index contributed by atoms with van der Waals surface area (Å²) in [4.78, 5) is 39.0. The lowest BCUT2D eigenvalue weighted by molar-refractivity contribution is -0.140. The van der Waals surface area contributed by atoms with Gasteiger partial charge >= 0.3 is 0 Å². The van der Waals surface area contributed by atoms with Gasteiger partial charge in [-0.3, -0.25) is 14.4 Å². The zero-order valence-electron chi connectivity index (χ0n) is 17.3. The molecule has 1 unspecified atom stereocenters. The predicted octanol–water partition coefficient (Wildman–Crippen LogP) is 3.26. The average molecular weight is 388 g/mol. The molecule has 1 aliphatic rings. The van der Waals surface area contributed by atoms with Gasteiger partial charge in [0, 0.05) is 17.6 Å². The molecule has 0 saturated heterocycles. The highest BCUT2D eigenvalue weighted by Gasteiger charge is 2.36. The van der Waals surface area contributed by atoms with Crippen molar-refractivity contribution in [2.24, 2.45) is 5.92 Å². The first-order valence-electron chi connectivity index (χ1n) is 10.4. The smallest absolute Gasteiger partial charge is 0.243 e. The van der Waals surface area contributed by atoms with Crippen molar-refractivity contribution in [3.8, 4) is 0 Å². The van der Waals surface area contributed by atoms with Gasteiger partial charge in [-0.2, -0.15) is 0 Å². The molecule has 0 bridgehead atoms. The number of nitrogens with zero attached hydrogens (tertiary/aromatic N) is 1. The van der Waals surface area contributed by atoms with Gasteiger partial charge in [-0.1, -0.05) is 44.4 Å². The Bertz CT molecular complexity index is 668. The summed E-state index contributed by atoms with van der Waals surface area (Å²) in [6.45, 7) is 6.05. The molecule has 0 aromatic heterocycles. The first-order chi connectivity index (χ1) is 13.4. The molecule has 1 aliphatic carbocycles. The van der Waals surface area contributed by atoms with Crippen LogP contribution in [0, 0.1) is 12.8 Å². The van der Waals surface area contributed by atoms with Crippen LogP contribution in [0.5, 0.6) is 0 Å². The summed E-state index contributed by atoms with van der Waals surface area (Å²) in [5.74, 6) is -0.503. The summed E-state index contributed by atoms with van der Waals surface area (Å²) in [6.07, 6.45) is 5.66. The molecule has 6 nitrogen and oxygen atoms in total. The Morgan fingerprint density at radius 3 is 2.36 bits per heavy atom. The average Bonchev–Trinajstić information content (AvgIpc) is 3.52. The van der Waals surface area contributed by atoms with Crippen LogP contribution in [-0.2, 0) is 14.4 Å². The first kappa shape index (κ1) is 21.9. The molecule has 28 heavy (non-hydrogen) atoms. The molecule has 0 spiro atoms. The highest BCUT2D eigenvalue weighted by molar-refractivity contribution is 5.95. The SMILES string of the molecule is CCCCC(CC)C(=O)N(CC(=O)NCC(=O)Nc1ccc(C)cc1)C1CC1. The zero-order chi connectivity index (χ0) is 20.5. The summed E-state index contributed by atoms with van der Waals surface area (Å²) >= 11 is 0. The van der Waals surface area contributed by atoms with Crippen LogP contribution in [0.4, 0.5) is 5.69 Å². The molecule has 0 aliphatic heterocycles. The van der Waals surface area contributed by atoms with Crippen LogP contribution in [0.3, 0.4) is 0 Å². The van der Waals surface area contributed by atoms with Crippen molar-refractivity contribution in [1.29, 1.82) is 0 Å². The fourth-order valence-corrected chi connectivity index (χ4v) is 3.19. The topological polar surface area (TPSA) is 78.5 Å². The number of hydrogen-bond donors (Lipinski definition) is 2. The maximum absolute atomic E-state index is 12.9. The number of nitrogens with one attached hydrogen (secondary N) is 2. The van der Waals surface area contributed by atoms with E-state index in [2.05, 4.69) is 17.6 Å². The van der Waals surface area contributed by atoms with Gasteiger partial charge in [0.2, 0.25) is 17.7 Å². The van der Waals surface area contributed by atoms with Crippen LogP contribution >= 0.6 is 0 Å². The first-order valence-corrected chi connectivity index (χ1v) is 10.4. The quantitative estimate of drug-likeness (QED) is 0.612. The Hall–Kier alpha value is -2.37. The van der Waals surface area contributed by atoms with Crippen molar-refractivity contribution in [2.75, 3.05) is 18.4 Å². The third-order valence-electron chi connectivity index (χ3n) is 5.11. The minimum absolute atomic E-state index is 0.0156. The maximum atomic E-state index is 12.9. The summed E-state index contributed by atoms with van der Waals surface area (Å²) in [6, 6.07) is 7.65. The summed E-state index contributed by atoms with van der Waals surface area (Å²) in [5, 5.41) is 5.39. The second-order valence-electron chi connectivity index (χ2n) is 7.64. The van der Waals surface area contributed by atoms with Gasteiger partial charge in [-0.15, -0.1) is 0 Å². The van der Waals surface area contributed by atoms with Crippen LogP contribution in [0.2, 0.25) is 0 Å². The van der Waals surface area contributed by atoms with Gasteiger partial charge in [0.05, 0.1) is 13.1 Å². The van der Waals surface area contributed by atoms with Crippen LogP contribution < -0.4 is 10.6 Å². The van der Waals surface area contributed by atoms with E-state index in [4.69, 9.17) is 0 Å². The third kappa shape index (κ3) is 6.98. The molecule has 1 saturated carbocycles. The van der Waals surface area contributed by atoms with Crippen molar-refractivity contribution < 1.29 is 14.4 Å². The van der Waals surface area contributed by atoms with Gasteiger partial charge in [0.25, 0.3) is 0 Å². The van der Waals surface area contributed by atoms with Gasteiger partial charge in [-0.05, 0) is 44.7 Å². The second-order valence-corrected chi connectivity index (χ2v) is 7.64. The van der Waals surface area contributed by atoms with E-state index in [0.29, 0.717) is 5.69 Å². The largest absolute Gasteiger partial charge is 0.345 e. The molecule has 0 radical (unpaired) electrons. The number of aryl methyl sites for hydroxylation is 1. The van der Waals surface area contributed by atoms with E-state index in [1.807, 2.05) is 38.1 Å². The van der Waals surface area contributed by atoms with Gasteiger partial charge in [-0.25, -0.2) is 0 Å². The fraction of sp³-hybridized carbons (Fsp3) is 0.591. The molecule has 1 aromatic rings. The van der Waals surface area contributed by atoms with Gasteiger partial charge in [0.1, 0.15) is 0 Å². The monoisotopic (exact) mass is 387 g/mol. The van der Waals surface area contributed by atoms with Crippen LogP contribution in [0.25, 0.3) is 0 Å². The molecule has 2 N–H and O–H groups in total. The highest BCUT2D eigenvalue weighted by Crippen LogP contribution is 2.29. The Morgan fingerprint density at radius 1 is 1.11 bits per heavy atom. The summed E-state index contributed by atoms with van der Waals surface area (Å²) in [7, 11) is 0. The van der Waals surface area contributed by atoms with Crippen LogP contribution in [0.1, 0.15) is 57.9 Å². The highest BCUT2D eigenvalue weighted by atomic mass is 16.2. The van der Waals surface area contributed by atoms with Crippen LogP contribution in [-0.4, -0.2) is 41.8 Å². The minimum atomic E-state index is -0.287. The lowest BCUT2D eigenvalue weighted by Crippen LogP contribution is -2.45. The van der Waals surface area contributed by atoms with E-state index in [1.54, 1.807) is 4.90 Å². The van der Waals surface area contributed by atoms with E-state index in [1.165, 1.54) is 0 Å². The lowest BCUT2D eigenvalue weighted by atomic mass is 9.97. The molecular formula is C22H33N3O3. The number of amides is 3. The van der Waals surface area contributed by atoms with E-state index < -0.39 is 0 Å². The lowest BCUT2D eigenvalue weighted by Gasteiger charge is -2.26. The summed E-state index contributed by atoms with van der Waals surface area (Å²) < 4.78 is 0. The van der Waals surface area contributed by atoms with E-state index in [-0.39, 0.29) is 42.8 Å². The number of benzene rings is 1. The molecule has 0 heterocycles. The Kier molecular flexibility index (Phi) is 8.48. The minimum Gasteiger partial charge on any atom is -0.345 e. The number of carbonyl (C=O) groups is 3. The Labute approximate surface area is 168 Å². The fourth-order valence-electron chi connectivity index (χ4n) is 3.19. The Balaban J connectivity index is 1.82.